The first-order valence-electron chi connectivity index (χ1n) is 3.56. The van der Waals surface area contributed by atoms with Crippen LogP contribution in [0.15, 0.2) is 0 Å². The molecule has 9 heavy (non-hydrogen) atoms. The lowest BCUT2D eigenvalue weighted by atomic mass is 10.1. The summed E-state index contributed by atoms with van der Waals surface area (Å²) in [5.74, 6) is 0.814. The molecular weight excluding hydrogens is 130 g/mol. The van der Waals surface area contributed by atoms with Crippen molar-refractivity contribution in [1.29, 1.82) is 0 Å². The van der Waals surface area contributed by atoms with Gasteiger partial charge in [0.05, 0.1) is 0 Å². The van der Waals surface area contributed by atoms with E-state index in [0.29, 0.717) is 6.04 Å². The van der Waals surface area contributed by atoms with Gasteiger partial charge in [-0.15, -0.1) is 0 Å². The third-order valence-corrected chi connectivity index (χ3v) is 1.84. The fourth-order valence-electron chi connectivity index (χ4n) is 0.648. The van der Waals surface area contributed by atoms with E-state index in [1.165, 1.54) is 12.8 Å². The van der Waals surface area contributed by atoms with Gasteiger partial charge in [0.2, 0.25) is 0 Å². The Labute approximate surface area is 63.8 Å². The van der Waals surface area contributed by atoms with E-state index in [-0.39, 0.29) is 0 Å². The standard InChI is InChI=1S/C7H17NS/c1-6(2)4-5-7(3)8-9/h6-9H,4-5H2,1-3H3. The molecule has 56 valence electrons. The summed E-state index contributed by atoms with van der Waals surface area (Å²) in [6.45, 7) is 6.63. The Hall–Kier alpha value is 0.310. The minimum atomic E-state index is 0.552. The highest BCUT2D eigenvalue weighted by Gasteiger charge is 1.99. The van der Waals surface area contributed by atoms with Crippen molar-refractivity contribution in [3.8, 4) is 0 Å². The number of hydrogen-bond acceptors (Lipinski definition) is 2. The maximum Gasteiger partial charge on any atom is 0.0141 e. The zero-order valence-corrected chi connectivity index (χ0v) is 7.41. The van der Waals surface area contributed by atoms with E-state index in [2.05, 4.69) is 38.3 Å². The van der Waals surface area contributed by atoms with Crippen molar-refractivity contribution in [2.24, 2.45) is 5.92 Å². The molecule has 1 unspecified atom stereocenters. The molecule has 0 fully saturated rings. The maximum absolute atomic E-state index is 3.97. The minimum absolute atomic E-state index is 0.552. The molecule has 0 saturated heterocycles. The first kappa shape index (κ1) is 9.31. The van der Waals surface area contributed by atoms with Crippen LogP contribution >= 0.6 is 12.8 Å². The third kappa shape index (κ3) is 6.19. The lowest BCUT2D eigenvalue weighted by molar-refractivity contribution is 0.502. The fourth-order valence-corrected chi connectivity index (χ4v) is 0.777. The Morgan fingerprint density at radius 3 is 2.11 bits per heavy atom. The van der Waals surface area contributed by atoms with Gasteiger partial charge < -0.3 is 0 Å². The quantitative estimate of drug-likeness (QED) is 0.581. The predicted molar refractivity (Wildman–Crippen MR) is 45.7 cm³/mol. The largest absolute Gasteiger partial charge is 0.264 e. The summed E-state index contributed by atoms with van der Waals surface area (Å²) in [4.78, 5) is 0. The van der Waals surface area contributed by atoms with Gasteiger partial charge in [-0.05, 0) is 25.7 Å². The second-order valence-corrected chi connectivity index (χ2v) is 3.26. The van der Waals surface area contributed by atoms with Gasteiger partial charge in [-0.3, -0.25) is 4.72 Å². The lowest BCUT2D eigenvalue weighted by Crippen LogP contribution is -2.16. The Morgan fingerprint density at radius 2 is 1.78 bits per heavy atom. The molecule has 0 amide bonds. The average molecular weight is 147 g/mol. The van der Waals surface area contributed by atoms with Crippen molar-refractivity contribution < 1.29 is 0 Å². The van der Waals surface area contributed by atoms with E-state index in [1.807, 2.05) is 0 Å². The molecule has 1 nitrogen and oxygen atoms in total. The smallest absolute Gasteiger partial charge is 0.0141 e. The minimum Gasteiger partial charge on any atom is -0.264 e. The van der Waals surface area contributed by atoms with Crippen LogP contribution in [0.25, 0.3) is 0 Å². The predicted octanol–water partition coefficient (Wildman–Crippen LogP) is 2.25. The monoisotopic (exact) mass is 147 g/mol. The van der Waals surface area contributed by atoms with Gasteiger partial charge in [-0.25, -0.2) is 0 Å². The van der Waals surface area contributed by atoms with E-state index in [9.17, 15) is 0 Å². The molecule has 0 saturated carbocycles. The number of thiol groups is 1. The summed E-state index contributed by atoms with van der Waals surface area (Å²) in [6, 6.07) is 0.552. The van der Waals surface area contributed by atoms with E-state index in [4.69, 9.17) is 0 Å². The molecule has 0 spiro atoms. The molecule has 1 atom stereocenters. The molecule has 2 heteroatoms. The highest BCUT2D eigenvalue weighted by Crippen LogP contribution is 2.06. The van der Waals surface area contributed by atoms with Crippen LogP contribution in [-0.2, 0) is 0 Å². The normalized spacial score (nSPS) is 14.3. The zero-order chi connectivity index (χ0) is 7.28. The van der Waals surface area contributed by atoms with Crippen LogP contribution in [0.4, 0.5) is 0 Å². The van der Waals surface area contributed by atoms with Gasteiger partial charge in [0.25, 0.3) is 0 Å². The van der Waals surface area contributed by atoms with Crippen LogP contribution in [-0.4, -0.2) is 6.04 Å². The van der Waals surface area contributed by atoms with Crippen LogP contribution in [0.1, 0.15) is 33.6 Å². The highest BCUT2D eigenvalue weighted by molar-refractivity contribution is 7.78. The highest BCUT2D eigenvalue weighted by atomic mass is 32.1. The van der Waals surface area contributed by atoms with Gasteiger partial charge in [-0.1, -0.05) is 26.7 Å². The van der Waals surface area contributed by atoms with Crippen molar-refractivity contribution in [2.45, 2.75) is 39.7 Å². The Morgan fingerprint density at radius 1 is 1.22 bits per heavy atom. The first-order chi connectivity index (χ1) is 4.16. The summed E-state index contributed by atoms with van der Waals surface area (Å²) in [6.07, 6.45) is 2.51. The number of rotatable bonds is 4. The van der Waals surface area contributed by atoms with Crippen molar-refractivity contribution in [3.63, 3.8) is 0 Å². The lowest BCUT2D eigenvalue weighted by Gasteiger charge is -2.09. The van der Waals surface area contributed by atoms with E-state index in [1.54, 1.807) is 0 Å². The molecule has 0 aliphatic carbocycles. The molecule has 0 heterocycles. The summed E-state index contributed by atoms with van der Waals surface area (Å²) in [5, 5.41) is 0. The van der Waals surface area contributed by atoms with Gasteiger partial charge in [0.1, 0.15) is 0 Å². The molecule has 0 rings (SSSR count). The Kier molecular flexibility index (Phi) is 5.30. The van der Waals surface area contributed by atoms with Gasteiger partial charge in [0.15, 0.2) is 0 Å². The van der Waals surface area contributed by atoms with Crippen LogP contribution < -0.4 is 4.72 Å². The van der Waals surface area contributed by atoms with Crippen molar-refractivity contribution in [2.75, 3.05) is 0 Å². The maximum atomic E-state index is 3.97. The molecule has 0 radical (unpaired) electrons. The molecule has 0 aliphatic heterocycles. The SMILES string of the molecule is CC(C)CCC(C)NS. The zero-order valence-electron chi connectivity index (χ0n) is 6.52. The summed E-state index contributed by atoms with van der Waals surface area (Å²) in [5.41, 5.74) is 0. The number of hydrogen-bond donors (Lipinski definition) is 2. The summed E-state index contributed by atoms with van der Waals surface area (Å²) in [7, 11) is 0. The van der Waals surface area contributed by atoms with Gasteiger partial charge in [-0.2, -0.15) is 0 Å². The van der Waals surface area contributed by atoms with Crippen LogP contribution in [0.3, 0.4) is 0 Å². The van der Waals surface area contributed by atoms with E-state index in [0.717, 1.165) is 5.92 Å². The van der Waals surface area contributed by atoms with Crippen molar-refractivity contribution in [1.82, 2.24) is 4.72 Å². The summed E-state index contributed by atoms with van der Waals surface area (Å²) < 4.78 is 2.91. The molecule has 1 N–H and O–H groups in total. The summed E-state index contributed by atoms with van der Waals surface area (Å²) >= 11 is 3.97. The third-order valence-electron chi connectivity index (χ3n) is 1.40. The van der Waals surface area contributed by atoms with Crippen LogP contribution in [0.2, 0.25) is 0 Å². The number of nitrogens with one attached hydrogen (secondary N) is 1. The van der Waals surface area contributed by atoms with Crippen molar-refractivity contribution >= 4 is 12.8 Å². The first-order valence-corrected chi connectivity index (χ1v) is 4.01. The Balaban J connectivity index is 3.06. The van der Waals surface area contributed by atoms with Gasteiger partial charge >= 0.3 is 0 Å². The molecule has 0 aromatic carbocycles. The molecular formula is C7H17NS. The van der Waals surface area contributed by atoms with E-state index >= 15 is 0 Å². The van der Waals surface area contributed by atoms with Gasteiger partial charge in [0, 0.05) is 6.04 Å². The van der Waals surface area contributed by atoms with Crippen molar-refractivity contribution in [3.05, 3.63) is 0 Å². The second kappa shape index (κ2) is 5.12. The molecule has 0 aromatic rings. The van der Waals surface area contributed by atoms with E-state index < -0.39 is 0 Å². The Bertz CT molecular complexity index is 63.9. The topological polar surface area (TPSA) is 12.0 Å². The van der Waals surface area contributed by atoms with Crippen LogP contribution in [0, 0.1) is 5.92 Å². The molecule has 0 aromatic heterocycles. The fraction of sp³-hybridized carbons (Fsp3) is 1.00. The molecule has 0 aliphatic rings. The average Bonchev–Trinajstić information content (AvgIpc) is 1.83. The van der Waals surface area contributed by atoms with Crippen LogP contribution in [0.5, 0.6) is 0 Å². The molecule has 0 bridgehead atoms. The second-order valence-electron chi connectivity index (χ2n) is 3.00.